The van der Waals surface area contributed by atoms with Gasteiger partial charge in [0.05, 0.1) is 19.8 Å². The van der Waals surface area contributed by atoms with E-state index in [0.29, 0.717) is 48.5 Å². The first-order valence-corrected chi connectivity index (χ1v) is 11.9. The molecule has 0 aliphatic carbocycles. The summed E-state index contributed by atoms with van der Waals surface area (Å²) in [5.41, 5.74) is 3.25. The average molecular weight is 494 g/mol. The average Bonchev–Trinajstić information content (AvgIpc) is 2.88. The summed E-state index contributed by atoms with van der Waals surface area (Å²) >= 11 is 0. The fourth-order valence-corrected chi connectivity index (χ4v) is 3.93. The second kappa shape index (κ2) is 12.5. The SMILES string of the molecule is COc1ccc(CCNC(=O)c2cccc(CC(C)(C)NC[C@H](O)c3ccc(O)c(CO)c3)c2)cn1. The van der Waals surface area contributed by atoms with Crippen LogP contribution in [0.3, 0.4) is 0 Å². The zero-order chi connectivity index (χ0) is 26.1. The predicted molar refractivity (Wildman–Crippen MR) is 138 cm³/mol. The van der Waals surface area contributed by atoms with Crippen LogP contribution < -0.4 is 15.4 Å². The number of hydrogen-bond acceptors (Lipinski definition) is 7. The number of rotatable bonds is 12. The maximum atomic E-state index is 12.7. The van der Waals surface area contributed by atoms with Gasteiger partial charge in [0.1, 0.15) is 5.75 Å². The minimum Gasteiger partial charge on any atom is -0.508 e. The quantitative estimate of drug-likeness (QED) is 0.263. The molecule has 1 atom stereocenters. The van der Waals surface area contributed by atoms with Crippen molar-refractivity contribution < 1.29 is 24.9 Å². The second-order valence-corrected chi connectivity index (χ2v) is 9.42. The third-order valence-electron chi connectivity index (χ3n) is 5.97. The van der Waals surface area contributed by atoms with Gasteiger partial charge < -0.3 is 30.7 Å². The van der Waals surface area contributed by atoms with E-state index in [1.54, 1.807) is 37.6 Å². The van der Waals surface area contributed by atoms with Crippen LogP contribution in [0.15, 0.2) is 60.8 Å². The van der Waals surface area contributed by atoms with Crippen molar-refractivity contribution in [2.24, 2.45) is 0 Å². The van der Waals surface area contributed by atoms with E-state index in [0.717, 1.165) is 11.1 Å². The topological polar surface area (TPSA) is 124 Å². The smallest absolute Gasteiger partial charge is 0.251 e. The largest absolute Gasteiger partial charge is 0.508 e. The number of benzene rings is 2. The van der Waals surface area contributed by atoms with Crippen molar-refractivity contribution in [3.63, 3.8) is 0 Å². The summed E-state index contributed by atoms with van der Waals surface area (Å²) in [6, 6.07) is 16.0. The molecule has 1 aromatic heterocycles. The number of carbonyl (C=O) groups is 1. The van der Waals surface area contributed by atoms with E-state index >= 15 is 0 Å². The number of methoxy groups -OCH3 is 1. The second-order valence-electron chi connectivity index (χ2n) is 9.42. The molecule has 36 heavy (non-hydrogen) atoms. The van der Waals surface area contributed by atoms with Crippen LogP contribution in [0.5, 0.6) is 11.6 Å². The molecule has 3 aromatic rings. The van der Waals surface area contributed by atoms with Crippen LogP contribution in [0.1, 0.15) is 52.6 Å². The van der Waals surface area contributed by atoms with Crippen molar-refractivity contribution in [3.8, 4) is 11.6 Å². The van der Waals surface area contributed by atoms with E-state index in [4.69, 9.17) is 4.74 Å². The van der Waals surface area contributed by atoms with Crippen LogP contribution in [0.4, 0.5) is 0 Å². The van der Waals surface area contributed by atoms with Crippen LogP contribution in [0, 0.1) is 0 Å². The lowest BCUT2D eigenvalue weighted by Gasteiger charge is -2.28. The number of carbonyl (C=O) groups excluding carboxylic acids is 1. The number of aromatic hydroxyl groups is 1. The summed E-state index contributed by atoms with van der Waals surface area (Å²) in [6.45, 7) is 4.56. The molecule has 0 unspecified atom stereocenters. The first-order chi connectivity index (χ1) is 17.2. The molecule has 3 rings (SSSR count). The summed E-state index contributed by atoms with van der Waals surface area (Å²) in [7, 11) is 1.57. The predicted octanol–water partition coefficient (Wildman–Crippen LogP) is 2.90. The van der Waals surface area contributed by atoms with E-state index in [1.807, 2.05) is 38.1 Å². The molecule has 8 heteroatoms. The van der Waals surface area contributed by atoms with Crippen LogP contribution in [-0.2, 0) is 19.4 Å². The molecule has 1 amide bonds. The number of hydrogen-bond donors (Lipinski definition) is 5. The van der Waals surface area contributed by atoms with E-state index in [2.05, 4.69) is 15.6 Å². The maximum absolute atomic E-state index is 12.7. The van der Waals surface area contributed by atoms with Gasteiger partial charge in [-0.2, -0.15) is 0 Å². The van der Waals surface area contributed by atoms with E-state index < -0.39 is 6.10 Å². The lowest BCUT2D eigenvalue weighted by molar-refractivity contribution is 0.0954. The van der Waals surface area contributed by atoms with E-state index in [1.165, 1.54) is 6.07 Å². The van der Waals surface area contributed by atoms with Crippen molar-refractivity contribution in [2.45, 2.75) is 44.9 Å². The summed E-state index contributed by atoms with van der Waals surface area (Å²) in [4.78, 5) is 16.8. The Hall–Kier alpha value is -3.46. The summed E-state index contributed by atoms with van der Waals surface area (Å²) in [5, 5.41) is 36.0. The Morgan fingerprint density at radius 3 is 2.61 bits per heavy atom. The Balaban J connectivity index is 1.52. The van der Waals surface area contributed by atoms with Crippen molar-refractivity contribution in [1.29, 1.82) is 0 Å². The number of aliphatic hydroxyl groups excluding tert-OH is 2. The molecule has 0 bridgehead atoms. The summed E-state index contributed by atoms with van der Waals surface area (Å²) in [6.07, 6.45) is 2.26. The molecule has 1 heterocycles. The molecule has 2 aromatic carbocycles. The molecule has 0 aliphatic heterocycles. The van der Waals surface area contributed by atoms with Gasteiger partial charge in [-0.15, -0.1) is 0 Å². The third-order valence-corrected chi connectivity index (χ3v) is 5.97. The molecule has 5 N–H and O–H groups in total. The first-order valence-electron chi connectivity index (χ1n) is 11.9. The highest BCUT2D eigenvalue weighted by molar-refractivity contribution is 5.94. The summed E-state index contributed by atoms with van der Waals surface area (Å²) < 4.78 is 5.06. The Bertz CT molecular complexity index is 1150. The van der Waals surface area contributed by atoms with Gasteiger partial charge in [-0.3, -0.25) is 4.79 Å². The van der Waals surface area contributed by atoms with E-state index in [-0.39, 0.29) is 23.8 Å². The van der Waals surface area contributed by atoms with Gasteiger partial charge in [-0.25, -0.2) is 4.98 Å². The Morgan fingerprint density at radius 1 is 1.11 bits per heavy atom. The van der Waals surface area contributed by atoms with Crippen molar-refractivity contribution in [1.82, 2.24) is 15.6 Å². The number of β-amino-alcohol motifs (C(OH)–C–C–N with tert-alkyl or cyclic N) is 1. The van der Waals surface area contributed by atoms with Crippen LogP contribution in [-0.4, -0.2) is 51.9 Å². The minimum atomic E-state index is -0.798. The minimum absolute atomic E-state index is 0.00315. The normalized spacial score (nSPS) is 12.2. The number of ether oxygens (including phenoxy) is 1. The number of nitrogens with one attached hydrogen (secondary N) is 2. The number of phenols is 1. The molecular formula is C28H35N3O5. The monoisotopic (exact) mass is 493 g/mol. The molecule has 0 saturated heterocycles. The van der Waals surface area contributed by atoms with Gasteiger partial charge >= 0.3 is 0 Å². The zero-order valence-electron chi connectivity index (χ0n) is 21.0. The standard InChI is InChI=1S/C28H35N3O5/c1-28(2,31-17-25(34)21-8-9-24(33)23(14-21)18-32)15-20-5-4-6-22(13-20)27(35)29-12-11-19-7-10-26(36-3)30-16-19/h4-10,13-14,16,25,31-34H,11-12,15,17-18H2,1-3H3,(H,29,35)/t25-/m0/s1. The number of aliphatic hydroxyl groups is 2. The molecule has 192 valence electrons. The highest BCUT2D eigenvalue weighted by atomic mass is 16.5. The number of amides is 1. The summed E-state index contributed by atoms with van der Waals surface area (Å²) in [5.74, 6) is 0.428. The van der Waals surface area contributed by atoms with Crippen molar-refractivity contribution >= 4 is 5.91 Å². The van der Waals surface area contributed by atoms with Gasteiger partial charge in [0.2, 0.25) is 5.88 Å². The van der Waals surface area contributed by atoms with Crippen LogP contribution in [0.2, 0.25) is 0 Å². The Kier molecular flexibility index (Phi) is 9.41. The molecule has 0 spiro atoms. The van der Waals surface area contributed by atoms with Crippen LogP contribution >= 0.6 is 0 Å². The molecular weight excluding hydrogens is 458 g/mol. The first kappa shape index (κ1) is 27.1. The van der Waals surface area contributed by atoms with Gasteiger partial charge in [-0.1, -0.05) is 24.3 Å². The molecule has 8 nitrogen and oxygen atoms in total. The number of aromatic nitrogens is 1. The molecule has 0 aliphatic rings. The number of nitrogens with zero attached hydrogens (tertiary/aromatic N) is 1. The highest BCUT2D eigenvalue weighted by Gasteiger charge is 2.21. The lowest BCUT2D eigenvalue weighted by atomic mass is 9.93. The third kappa shape index (κ3) is 7.78. The van der Waals surface area contributed by atoms with E-state index in [9.17, 15) is 20.1 Å². The maximum Gasteiger partial charge on any atom is 0.251 e. The van der Waals surface area contributed by atoms with Gasteiger partial charge in [-0.05, 0) is 67.6 Å². The van der Waals surface area contributed by atoms with Gasteiger partial charge in [0.25, 0.3) is 5.91 Å². The number of pyridine rings is 1. The molecule has 0 saturated carbocycles. The highest BCUT2D eigenvalue weighted by Crippen LogP contribution is 2.23. The fraction of sp³-hybridized carbons (Fsp3) is 0.357. The lowest BCUT2D eigenvalue weighted by Crippen LogP contribution is -2.43. The fourth-order valence-electron chi connectivity index (χ4n) is 3.93. The van der Waals surface area contributed by atoms with Gasteiger partial charge in [0.15, 0.2) is 0 Å². The zero-order valence-corrected chi connectivity index (χ0v) is 21.0. The Labute approximate surface area is 212 Å². The molecule has 0 radical (unpaired) electrons. The van der Waals surface area contributed by atoms with Crippen molar-refractivity contribution in [3.05, 3.63) is 88.6 Å². The Morgan fingerprint density at radius 2 is 1.92 bits per heavy atom. The van der Waals surface area contributed by atoms with Gasteiger partial charge in [0, 0.05) is 42.0 Å². The van der Waals surface area contributed by atoms with Crippen molar-refractivity contribution in [2.75, 3.05) is 20.2 Å². The van der Waals surface area contributed by atoms with Crippen LogP contribution in [0.25, 0.3) is 0 Å². The molecule has 0 fully saturated rings.